The lowest BCUT2D eigenvalue weighted by Crippen LogP contribution is -2.37. The van der Waals surface area contributed by atoms with Gasteiger partial charge in [0.15, 0.2) is 0 Å². The van der Waals surface area contributed by atoms with Gasteiger partial charge in [0, 0.05) is 23.7 Å². The second-order valence-corrected chi connectivity index (χ2v) is 6.66. The molecule has 3 aromatic rings. The van der Waals surface area contributed by atoms with Crippen molar-refractivity contribution >= 4 is 22.5 Å². The molecular weight excluding hydrogens is 351 g/mol. The number of halogens is 1. The SMILES string of the molecule is O=C(c1c(O)c2cc(F)cc3c2n(c1=O)CCO3)N1CCc2ccccc21. The summed E-state index contributed by atoms with van der Waals surface area (Å²) in [6, 6.07) is 9.75. The molecular formula is C20H15FN2O4. The van der Waals surface area contributed by atoms with Crippen LogP contribution in [0.25, 0.3) is 10.9 Å². The molecule has 3 heterocycles. The molecule has 2 aliphatic heterocycles. The van der Waals surface area contributed by atoms with Crippen LogP contribution in [0.2, 0.25) is 0 Å². The predicted molar refractivity (Wildman–Crippen MR) is 97.1 cm³/mol. The zero-order chi connectivity index (χ0) is 18.7. The van der Waals surface area contributed by atoms with Crippen LogP contribution >= 0.6 is 0 Å². The van der Waals surface area contributed by atoms with Crippen molar-refractivity contribution in [3.8, 4) is 11.5 Å². The molecule has 7 heteroatoms. The molecule has 0 saturated carbocycles. The fourth-order valence-electron chi connectivity index (χ4n) is 3.95. The van der Waals surface area contributed by atoms with Gasteiger partial charge in [-0.2, -0.15) is 0 Å². The van der Waals surface area contributed by atoms with Crippen LogP contribution in [0.5, 0.6) is 11.5 Å². The molecule has 0 saturated heterocycles. The van der Waals surface area contributed by atoms with E-state index in [9.17, 15) is 19.1 Å². The van der Waals surface area contributed by atoms with Crippen LogP contribution in [0.3, 0.4) is 0 Å². The number of pyridine rings is 1. The summed E-state index contributed by atoms with van der Waals surface area (Å²) in [4.78, 5) is 27.7. The number of carbonyl (C=O) groups excluding carboxylic acids is 1. The van der Waals surface area contributed by atoms with Gasteiger partial charge in [0.2, 0.25) is 0 Å². The zero-order valence-electron chi connectivity index (χ0n) is 14.2. The van der Waals surface area contributed by atoms with Gasteiger partial charge in [-0.15, -0.1) is 0 Å². The number of aromatic nitrogens is 1. The first-order valence-corrected chi connectivity index (χ1v) is 8.68. The molecule has 0 radical (unpaired) electrons. The van der Waals surface area contributed by atoms with Crippen molar-refractivity contribution in [1.82, 2.24) is 4.57 Å². The molecule has 2 aromatic carbocycles. The molecule has 0 unspecified atom stereocenters. The van der Waals surface area contributed by atoms with Crippen LogP contribution in [0.15, 0.2) is 41.2 Å². The normalized spacial score (nSPS) is 14.9. The first-order chi connectivity index (χ1) is 13.1. The van der Waals surface area contributed by atoms with Gasteiger partial charge in [-0.25, -0.2) is 4.39 Å². The first-order valence-electron chi connectivity index (χ1n) is 8.68. The number of fused-ring (bicyclic) bond motifs is 1. The molecule has 0 atom stereocenters. The van der Waals surface area contributed by atoms with Crippen LogP contribution in [0.1, 0.15) is 15.9 Å². The third-order valence-corrected chi connectivity index (χ3v) is 5.18. The van der Waals surface area contributed by atoms with E-state index in [-0.39, 0.29) is 29.9 Å². The highest BCUT2D eigenvalue weighted by Gasteiger charge is 2.32. The molecule has 6 nitrogen and oxygen atoms in total. The Balaban J connectivity index is 1.75. The number of aromatic hydroxyl groups is 1. The number of hydrogen-bond donors (Lipinski definition) is 1. The van der Waals surface area contributed by atoms with Gasteiger partial charge < -0.3 is 19.3 Å². The fourth-order valence-corrected chi connectivity index (χ4v) is 3.95. The molecule has 0 bridgehead atoms. The Morgan fingerprint density at radius 2 is 2.00 bits per heavy atom. The summed E-state index contributed by atoms with van der Waals surface area (Å²) in [6.07, 6.45) is 0.678. The molecule has 0 spiro atoms. The lowest BCUT2D eigenvalue weighted by Gasteiger charge is -2.23. The summed E-state index contributed by atoms with van der Waals surface area (Å²) in [5, 5.41) is 10.8. The van der Waals surface area contributed by atoms with Crippen molar-refractivity contribution in [2.75, 3.05) is 18.1 Å². The van der Waals surface area contributed by atoms with Gasteiger partial charge >= 0.3 is 0 Å². The molecule has 0 fully saturated rings. The summed E-state index contributed by atoms with van der Waals surface area (Å²) in [5.41, 5.74) is 1.12. The van der Waals surface area contributed by atoms with Crippen molar-refractivity contribution in [3.05, 3.63) is 63.7 Å². The van der Waals surface area contributed by atoms with Gasteiger partial charge in [0.1, 0.15) is 29.5 Å². The Kier molecular flexibility index (Phi) is 3.28. The van der Waals surface area contributed by atoms with Gasteiger partial charge in [-0.05, 0) is 24.1 Å². The van der Waals surface area contributed by atoms with Crippen LogP contribution in [0, 0.1) is 5.82 Å². The smallest absolute Gasteiger partial charge is 0.267 e. The molecule has 0 aliphatic carbocycles. The third kappa shape index (κ3) is 2.17. The number of carbonyl (C=O) groups is 1. The van der Waals surface area contributed by atoms with Gasteiger partial charge in [0.05, 0.1) is 12.1 Å². The fraction of sp³-hybridized carbons (Fsp3) is 0.200. The maximum absolute atomic E-state index is 14.0. The number of para-hydroxylation sites is 1. The van der Waals surface area contributed by atoms with E-state index in [0.717, 1.165) is 17.3 Å². The van der Waals surface area contributed by atoms with E-state index in [1.165, 1.54) is 15.5 Å². The minimum atomic E-state index is -0.607. The summed E-state index contributed by atoms with van der Waals surface area (Å²) in [6.45, 7) is 0.841. The van der Waals surface area contributed by atoms with Gasteiger partial charge in [-0.1, -0.05) is 18.2 Å². The second kappa shape index (κ2) is 5.57. The number of nitrogens with zero attached hydrogens (tertiary/aromatic N) is 2. The van der Waals surface area contributed by atoms with Crippen molar-refractivity contribution in [3.63, 3.8) is 0 Å². The lowest BCUT2D eigenvalue weighted by atomic mass is 10.1. The van der Waals surface area contributed by atoms with Crippen molar-refractivity contribution in [2.24, 2.45) is 0 Å². The van der Waals surface area contributed by atoms with Crippen LogP contribution in [-0.2, 0) is 13.0 Å². The van der Waals surface area contributed by atoms with Crippen molar-refractivity contribution in [1.29, 1.82) is 0 Å². The number of hydrogen-bond acceptors (Lipinski definition) is 4. The van der Waals surface area contributed by atoms with E-state index < -0.39 is 23.0 Å². The van der Waals surface area contributed by atoms with E-state index in [0.29, 0.717) is 18.5 Å². The van der Waals surface area contributed by atoms with Crippen LogP contribution in [0.4, 0.5) is 10.1 Å². The summed E-state index contributed by atoms with van der Waals surface area (Å²) < 4.78 is 20.8. The summed E-state index contributed by atoms with van der Waals surface area (Å²) in [7, 11) is 0. The Morgan fingerprint density at radius 1 is 1.19 bits per heavy atom. The van der Waals surface area contributed by atoms with E-state index in [4.69, 9.17) is 4.74 Å². The first kappa shape index (κ1) is 15.9. The van der Waals surface area contributed by atoms with Crippen molar-refractivity contribution < 1.29 is 19.0 Å². The number of rotatable bonds is 1. The largest absolute Gasteiger partial charge is 0.506 e. The molecule has 27 heavy (non-hydrogen) atoms. The summed E-state index contributed by atoms with van der Waals surface area (Å²) >= 11 is 0. The maximum Gasteiger partial charge on any atom is 0.267 e. The molecule has 5 rings (SSSR count). The van der Waals surface area contributed by atoms with E-state index >= 15 is 0 Å². The quantitative estimate of drug-likeness (QED) is 0.718. The lowest BCUT2D eigenvalue weighted by molar-refractivity contribution is 0.0984. The predicted octanol–water partition coefficient (Wildman–Crippen LogP) is 2.44. The maximum atomic E-state index is 14.0. The third-order valence-electron chi connectivity index (χ3n) is 5.18. The minimum Gasteiger partial charge on any atom is -0.506 e. The highest BCUT2D eigenvalue weighted by molar-refractivity contribution is 6.11. The Morgan fingerprint density at radius 3 is 2.85 bits per heavy atom. The molecule has 136 valence electrons. The number of amides is 1. The number of benzene rings is 2. The second-order valence-electron chi connectivity index (χ2n) is 6.66. The Labute approximate surface area is 153 Å². The highest BCUT2D eigenvalue weighted by atomic mass is 19.1. The average Bonchev–Trinajstić information content (AvgIpc) is 3.09. The molecule has 1 amide bonds. The van der Waals surface area contributed by atoms with Gasteiger partial charge in [-0.3, -0.25) is 9.59 Å². The minimum absolute atomic E-state index is 0.0973. The summed E-state index contributed by atoms with van der Waals surface area (Å²) in [5.74, 6) is -1.50. The Bertz CT molecular complexity index is 1180. The van der Waals surface area contributed by atoms with E-state index in [1.807, 2.05) is 24.3 Å². The van der Waals surface area contributed by atoms with Crippen molar-refractivity contribution in [2.45, 2.75) is 13.0 Å². The highest BCUT2D eigenvalue weighted by Crippen LogP contribution is 2.37. The molecule has 2 aliphatic rings. The van der Waals surface area contributed by atoms with E-state index in [2.05, 4.69) is 0 Å². The standard InChI is InChI=1S/C20H15FN2O4/c21-12-9-13-17-15(10-12)27-8-7-23(17)20(26)16(18(13)24)19(25)22-6-5-11-3-1-2-4-14(11)22/h1-4,9-10,24H,5-8H2. The number of anilines is 1. The molecule has 1 aromatic heterocycles. The van der Waals surface area contributed by atoms with Crippen LogP contribution < -0.4 is 15.2 Å². The number of ether oxygens (including phenoxy) is 1. The van der Waals surface area contributed by atoms with Gasteiger partial charge in [0.25, 0.3) is 11.5 Å². The van der Waals surface area contributed by atoms with Crippen LogP contribution in [-0.4, -0.2) is 28.7 Å². The topological polar surface area (TPSA) is 71.8 Å². The zero-order valence-corrected chi connectivity index (χ0v) is 14.2. The average molecular weight is 366 g/mol. The molecule has 1 N–H and O–H groups in total. The Hall–Kier alpha value is -3.35. The monoisotopic (exact) mass is 366 g/mol. The van der Waals surface area contributed by atoms with E-state index in [1.54, 1.807) is 0 Å².